The number of hydrogen-bond donors (Lipinski definition) is 1. The lowest BCUT2D eigenvalue weighted by molar-refractivity contribution is 0.112. The average Bonchev–Trinajstić information content (AvgIpc) is 3.75. The zero-order chi connectivity index (χ0) is 35.9. The Labute approximate surface area is 266 Å². The number of rotatable bonds is 5. The number of benzene rings is 2. The van der Waals surface area contributed by atoms with Crippen LogP contribution in [-0.4, -0.2) is 78.4 Å². The zero-order valence-corrected chi connectivity index (χ0v) is 24.4. The third kappa shape index (κ3) is 4.93. The highest BCUT2D eigenvalue weighted by molar-refractivity contribution is 6.03. The first-order valence-electron chi connectivity index (χ1n) is 17.0. The largest absolute Gasteiger partial charge is 0.462 e. The number of ether oxygens (including phenoxy) is 2. The Hall–Kier alpha value is -4.40. The Kier molecular flexibility index (Phi) is 5.79. The van der Waals surface area contributed by atoms with E-state index in [-0.39, 0.29) is 83.9 Å². The summed E-state index contributed by atoms with van der Waals surface area (Å²) in [4.78, 5) is 16.0. The van der Waals surface area contributed by atoms with Gasteiger partial charge >= 0.3 is 6.01 Å². The molecule has 0 amide bonds. The molecule has 0 bridgehead atoms. The number of alkyl halides is 1. The molecule has 1 saturated carbocycles. The predicted octanol–water partition coefficient (Wildman–Crippen LogP) is 5.14. The van der Waals surface area contributed by atoms with Gasteiger partial charge in [0.1, 0.15) is 35.6 Å². The number of aromatic nitrogens is 3. The highest BCUT2D eigenvalue weighted by Crippen LogP contribution is 2.45. The molecule has 3 aliphatic rings. The van der Waals surface area contributed by atoms with E-state index in [9.17, 15) is 4.39 Å². The first kappa shape index (κ1) is 23.9. The van der Waals surface area contributed by atoms with Gasteiger partial charge in [0.15, 0.2) is 5.82 Å². The molecule has 2 saturated heterocycles. The number of fused-ring (bicyclic) bond motifs is 3. The van der Waals surface area contributed by atoms with E-state index in [1.165, 1.54) is 36.2 Å². The quantitative estimate of drug-likeness (QED) is 0.187. The molecule has 11 heteroatoms. The fraction of sp³-hybridized carbons (Fsp3) is 0.382. The summed E-state index contributed by atoms with van der Waals surface area (Å²) >= 11 is 0. The van der Waals surface area contributed by atoms with Crippen molar-refractivity contribution in [2.75, 3.05) is 57.0 Å². The van der Waals surface area contributed by atoms with Crippen molar-refractivity contribution in [1.29, 1.82) is 0 Å². The molecule has 45 heavy (non-hydrogen) atoms. The smallest absolute Gasteiger partial charge is 0.319 e. The standard InChI is InChI=1S/C34H33F3N6O2/c1-5-21-25(35)7-6-19-12-20(38)13-22(26(19)21)29-28(37)30-23(14-39-29)32(43-10-11-44-15-24-27(36)31(24)43)41-33(40-30)45-17-34(3)16-42(4)9-8-18(34)2/h1,6-7,12-14,24,27,31H,2,8-11,15-17,38H2,3-4H3/t24-,27-,31-,34-/m0/s1/i4D3,17D2. The van der Waals surface area contributed by atoms with Crippen LogP contribution in [0, 0.1) is 35.3 Å². The molecule has 2 N–H and O–H groups in total. The summed E-state index contributed by atoms with van der Waals surface area (Å²) in [6.07, 6.45) is 5.92. The van der Waals surface area contributed by atoms with Gasteiger partial charge in [-0.3, -0.25) is 4.98 Å². The van der Waals surface area contributed by atoms with E-state index in [0.29, 0.717) is 11.0 Å². The number of halogens is 3. The molecule has 1 aliphatic carbocycles. The Balaban J connectivity index is 1.41. The Bertz CT molecular complexity index is 2110. The van der Waals surface area contributed by atoms with Crippen LogP contribution >= 0.6 is 0 Å². The third-order valence-electron chi connectivity index (χ3n) is 8.92. The summed E-state index contributed by atoms with van der Waals surface area (Å²) in [5.74, 6) is 0.223. The topological polar surface area (TPSA) is 89.6 Å². The third-order valence-corrected chi connectivity index (χ3v) is 8.92. The highest BCUT2D eigenvalue weighted by atomic mass is 19.1. The monoisotopic (exact) mass is 619 g/mol. The molecule has 8 nitrogen and oxygen atoms in total. The first-order chi connectivity index (χ1) is 23.6. The van der Waals surface area contributed by atoms with Crippen molar-refractivity contribution in [3.63, 3.8) is 0 Å². The Morgan fingerprint density at radius 3 is 2.96 bits per heavy atom. The van der Waals surface area contributed by atoms with Gasteiger partial charge in [-0.1, -0.05) is 31.1 Å². The van der Waals surface area contributed by atoms with Crippen LogP contribution in [0.25, 0.3) is 32.9 Å². The normalized spacial score (nSPS) is 27.4. The summed E-state index contributed by atoms with van der Waals surface area (Å²) in [6.45, 7) is 0.841. The van der Waals surface area contributed by atoms with E-state index in [0.717, 1.165) is 0 Å². The minimum Gasteiger partial charge on any atom is -0.462 e. The van der Waals surface area contributed by atoms with Crippen LogP contribution in [0.5, 0.6) is 6.01 Å². The number of likely N-dealkylation sites (tertiary alicyclic amines) is 1. The summed E-state index contributed by atoms with van der Waals surface area (Å²) < 4.78 is 100. The summed E-state index contributed by atoms with van der Waals surface area (Å²) in [6, 6.07) is 4.41. The lowest BCUT2D eigenvalue weighted by Gasteiger charge is -2.40. The molecular weight excluding hydrogens is 581 g/mol. The number of terminal acetylenes is 1. The van der Waals surface area contributed by atoms with Crippen LogP contribution in [0.1, 0.15) is 25.8 Å². The number of nitrogens with zero attached hydrogens (tertiary/aromatic N) is 5. The summed E-state index contributed by atoms with van der Waals surface area (Å²) in [7, 11) is 0. The molecule has 2 aromatic heterocycles. The fourth-order valence-corrected chi connectivity index (χ4v) is 6.33. The summed E-state index contributed by atoms with van der Waals surface area (Å²) in [5, 5.41) is 0.724. The summed E-state index contributed by atoms with van der Waals surface area (Å²) in [5.41, 5.74) is 4.61. The van der Waals surface area contributed by atoms with Crippen molar-refractivity contribution in [2.24, 2.45) is 11.3 Å². The van der Waals surface area contributed by atoms with E-state index in [1.54, 1.807) is 11.0 Å². The Morgan fingerprint density at radius 1 is 1.31 bits per heavy atom. The molecule has 0 radical (unpaired) electrons. The van der Waals surface area contributed by atoms with Crippen LogP contribution in [0.2, 0.25) is 0 Å². The van der Waals surface area contributed by atoms with Crippen LogP contribution in [-0.2, 0) is 4.74 Å². The van der Waals surface area contributed by atoms with Gasteiger partial charge in [-0.15, -0.1) is 6.42 Å². The molecule has 0 unspecified atom stereocenters. The molecule has 3 fully saturated rings. The van der Waals surface area contributed by atoms with Crippen molar-refractivity contribution in [2.45, 2.75) is 25.6 Å². The van der Waals surface area contributed by atoms with Gasteiger partial charge in [-0.2, -0.15) is 9.97 Å². The fourth-order valence-electron chi connectivity index (χ4n) is 6.33. The first-order valence-corrected chi connectivity index (χ1v) is 14.5. The molecule has 0 spiro atoms. The van der Waals surface area contributed by atoms with Crippen molar-refractivity contribution in [3.05, 3.63) is 59.8 Å². The van der Waals surface area contributed by atoms with E-state index >= 15 is 8.78 Å². The molecule has 2 aliphatic heterocycles. The lowest BCUT2D eigenvalue weighted by Crippen LogP contribution is -2.44. The van der Waals surface area contributed by atoms with Gasteiger partial charge in [0.2, 0.25) is 0 Å². The van der Waals surface area contributed by atoms with Crippen molar-refractivity contribution >= 4 is 33.2 Å². The molecule has 4 heterocycles. The average molecular weight is 620 g/mol. The van der Waals surface area contributed by atoms with E-state index < -0.39 is 54.7 Å². The maximum absolute atomic E-state index is 17.0. The maximum Gasteiger partial charge on any atom is 0.319 e. The van der Waals surface area contributed by atoms with Crippen molar-refractivity contribution in [3.8, 4) is 29.6 Å². The second kappa shape index (κ2) is 10.9. The second-order valence-corrected chi connectivity index (χ2v) is 11.9. The Morgan fingerprint density at radius 2 is 2.16 bits per heavy atom. The number of nitrogen functional groups attached to an aromatic ring is 1. The van der Waals surface area contributed by atoms with Gasteiger partial charge in [0.05, 0.1) is 32.9 Å². The van der Waals surface area contributed by atoms with E-state index in [4.69, 9.17) is 28.5 Å². The van der Waals surface area contributed by atoms with Gasteiger partial charge in [-0.25, -0.2) is 13.2 Å². The second-order valence-electron chi connectivity index (χ2n) is 11.9. The SMILES string of the molecule is [2H]C([2H])([2H])N1CCC(=C)[C@](C)(C([2H])([2H])Oc2nc(N3CCOC[C@H]4[C@H](F)[C@H]43)c3cnc(-c4cc(N)cc5ccc(F)c(C#C)c45)c(F)c3n2)C1. The minimum absolute atomic E-state index is 0.0453. The molecule has 2 aromatic carbocycles. The van der Waals surface area contributed by atoms with Gasteiger partial charge < -0.3 is 25.0 Å². The van der Waals surface area contributed by atoms with Crippen LogP contribution < -0.4 is 15.4 Å². The minimum atomic E-state index is -2.65. The number of anilines is 2. The highest BCUT2D eigenvalue weighted by Gasteiger charge is 2.56. The number of nitrogens with two attached hydrogens (primary N) is 1. The van der Waals surface area contributed by atoms with Crippen LogP contribution in [0.3, 0.4) is 0 Å². The van der Waals surface area contributed by atoms with Gasteiger partial charge in [-0.05, 0) is 37.0 Å². The predicted molar refractivity (Wildman–Crippen MR) is 168 cm³/mol. The van der Waals surface area contributed by atoms with Crippen LogP contribution in [0.15, 0.2) is 42.6 Å². The number of hydrogen-bond acceptors (Lipinski definition) is 8. The molecule has 232 valence electrons. The number of piperidine rings is 1. The van der Waals surface area contributed by atoms with Crippen molar-refractivity contribution in [1.82, 2.24) is 19.9 Å². The van der Waals surface area contributed by atoms with Crippen molar-refractivity contribution < 1.29 is 29.5 Å². The zero-order valence-electron chi connectivity index (χ0n) is 29.4. The molecule has 4 aromatic rings. The maximum atomic E-state index is 17.0. The lowest BCUT2D eigenvalue weighted by atomic mass is 9.79. The number of pyridine rings is 1. The molecule has 4 atom stereocenters. The molecular formula is C34H33F3N6O2. The van der Waals surface area contributed by atoms with E-state index in [1.807, 2.05) is 0 Å². The van der Waals surface area contributed by atoms with Crippen LogP contribution in [0.4, 0.5) is 24.7 Å². The van der Waals surface area contributed by atoms with Gasteiger partial charge in [0.25, 0.3) is 0 Å². The van der Waals surface area contributed by atoms with E-state index in [2.05, 4.69) is 27.5 Å². The molecule has 7 rings (SSSR count). The van der Waals surface area contributed by atoms with Gasteiger partial charge in [0, 0.05) is 57.9 Å².